The Morgan fingerprint density at radius 2 is 2.10 bits per heavy atom. The lowest BCUT2D eigenvalue weighted by molar-refractivity contribution is 0.0642. The fraction of sp³-hybridized carbons (Fsp3) is 0.438. The summed E-state index contributed by atoms with van der Waals surface area (Å²) in [7, 11) is 0. The fourth-order valence-corrected chi connectivity index (χ4v) is 2.21. The molecule has 1 aromatic rings. The second kappa shape index (κ2) is 7.68. The van der Waals surface area contributed by atoms with Gasteiger partial charge in [0.05, 0.1) is 5.56 Å². The summed E-state index contributed by atoms with van der Waals surface area (Å²) < 4.78 is 5.30. The Morgan fingerprint density at radius 1 is 1.35 bits per heavy atom. The first kappa shape index (κ1) is 14.6. The highest BCUT2D eigenvalue weighted by Gasteiger charge is 2.16. The molecule has 4 heteroatoms. The van der Waals surface area contributed by atoms with Crippen LogP contribution in [0.4, 0.5) is 0 Å². The van der Waals surface area contributed by atoms with E-state index in [1.54, 1.807) is 12.1 Å². The van der Waals surface area contributed by atoms with Gasteiger partial charge in [0.25, 0.3) is 5.91 Å². The van der Waals surface area contributed by atoms with E-state index in [1.165, 1.54) is 0 Å². The monoisotopic (exact) mass is 273 g/mol. The molecule has 0 radical (unpaired) electrons. The predicted molar refractivity (Wildman–Crippen MR) is 76.3 cm³/mol. The van der Waals surface area contributed by atoms with Gasteiger partial charge in [-0.2, -0.15) is 0 Å². The van der Waals surface area contributed by atoms with Gasteiger partial charge in [0.1, 0.15) is 6.61 Å². The molecule has 1 amide bonds. The molecule has 1 aliphatic rings. The highest BCUT2D eigenvalue weighted by Crippen LogP contribution is 2.14. The molecule has 0 unspecified atom stereocenters. The van der Waals surface area contributed by atoms with Gasteiger partial charge in [0.2, 0.25) is 0 Å². The summed E-state index contributed by atoms with van der Waals surface area (Å²) in [5.74, 6) is 5.75. The quantitative estimate of drug-likeness (QED) is 0.813. The van der Waals surface area contributed by atoms with Gasteiger partial charge in [-0.05, 0) is 30.9 Å². The largest absolute Gasteiger partial charge is 0.384 e. The number of benzene rings is 1. The SMILES string of the molecule is O=C(NCC1CCOCC1)c1ccccc1C#CCO. The van der Waals surface area contributed by atoms with Crippen molar-refractivity contribution in [3.8, 4) is 11.8 Å². The zero-order chi connectivity index (χ0) is 14.2. The van der Waals surface area contributed by atoms with Crippen LogP contribution in [0.1, 0.15) is 28.8 Å². The van der Waals surface area contributed by atoms with Crippen molar-refractivity contribution in [2.45, 2.75) is 12.8 Å². The van der Waals surface area contributed by atoms with Crippen molar-refractivity contribution in [3.63, 3.8) is 0 Å². The van der Waals surface area contributed by atoms with E-state index in [1.807, 2.05) is 12.1 Å². The second-order valence-corrected chi connectivity index (χ2v) is 4.77. The molecular formula is C16H19NO3. The van der Waals surface area contributed by atoms with E-state index in [2.05, 4.69) is 17.2 Å². The van der Waals surface area contributed by atoms with Gasteiger partial charge in [-0.3, -0.25) is 4.79 Å². The molecule has 0 spiro atoms. The third kappa shape index (κ3) is 4.09. The minimum Gasteiger partial charge on any atom is -0.384 e. The van der Waals surface area contributed by atoms with Crippen LogP contribution in [0.2, 0.25) is 0 Å². The molecule has 20 heavy (non-hydrogen) atoms. The summed E-state index contributed by atoms with van der Waals surface area (Å²) in [6.07, 6.45) is 1.98. The van der Waals surface area contributed by atoms with Gasteiger partial charge in [-0.1, -0.05) is 24.0 Å². The lowest BCUT2D eigenvalue weighted by Crippen LogP contribution is -2.32. The van der Waals surface area contributed by atoms with E-state index in [-0.39, 0.29) is 12.5 Å². The summed E-state index contributed by atoms with van der Waals surface area (Å²) in [5.41, 5.74) is 1.20. The standard InChI is InChI=1S/C16H19NO3/c18-9-3-5-14-4-1-2-6-15(14)16(19)17-12-13-7-10-20-11-8-13/h1-2,4,6,13,18H,7-12H2,(H,17,19). The molecule has 0 bridgehead atoms. The number of aliphatic hydroxyl groups is 1. The Morgan fingerprint density at radius 3 is 2.85 bits per heavy atom. The number of rotatable bonds is 3. The number of amides is 1. The molecule has 2 rings (SSSR count). The Labute approximate surface area is 119 Å². The van der Waals surface area contributed by atoms with Gasteiger partial charge >= 0.3 is 0 Å². The van der Waals surface area contributed by atoms with E-state index in [0.29, 0.717) is 23.6 Å². The van der Waals surface area contributed by atoms with Crippen LogP contribution in [0.15, 0.2) is 24.3 Å². The van der Waals surface area contributed by atoms with Crippen molar-refractivity contribution in [1.29, 1.82) is 0 Å². The van der Waals surface area contributed by atoms with Gasteiger partial charge < -0.3 is 15.2 Å². The van der Waals surface area contributed by atoms with Crippen LogP contribution in [-0.4, -0.2) is 37.4 Å². The van der Waals surface area contributed by atoms with E-state index < -0.39 is 0 Å². The molecule has 1 aliphatic heterocycles. The summed E-state index contributed by atoms with van der Waals surface area (Å²) in [5, 5.41) is 11.7. The van der Waals surface area contributed by atoms with Crippen molar-refractivity contribution >= 4 is 5.91 Å². The van der Waals surface area contributed by atoms with Gasteiger partial charge in [0.15, 0.2) is 0 Å². The summed E-state index contributed by atoms with van der Waals surface area (Å²) in [4.78, 5) is 12.2. The third-order valence-corrected chi connectivity index (χ3v) is 3.37. The third-order valence-electron chi connectivity index (χ3n) is 3.37. The molecule has 1 fully saturated rings. The number of aliphatic hydroxyl groups excluding tert-OH is 1. The first-order valence-corrected chi connectivity index (χ1v) is 6.86. The van der Waals surface area contributed by atoms with Crippen molar-refractivity contribution in [2.75, 3.05) is 26.4 Å². The highest BCUT2D eigenvalue weighted by molar-refractivity contribution is 5.96. The maximum absolute atomic E-state index is 12.2. The number of hydrogen-bond donors (Lipinski definition) is 2. The molecular weight excluding hydrogens is 254 g/mol. The van der Waals surface area contributed by atoms with E-state index >= 15 is 0 Å². The van der Waals surface area contributed by atoms with Crippen molar-refractivity contribution in [3.05, 3.63) is 35.4 Å². The lowest BCUT2D eigenvalue weighted by atomic mass is 10.00. The molecule has 4 nitrogen and oxygen atoms in total. The van der Waals surface area contributed by atoms with E-state index in [4.69, 9.17) is 9.84 Å². The van der Waals surface area contributed by atoms with Gasteiger partial charge in [0, 0.05) is 25.3 Å². The van der Waals surface area contributed by atoms with E-state index in [0.717, 1.165) is 26.1 Å². The Bertz CT molecular complexity index is 510. The number of carbonyl (C=O) groups excluding carboxylic acids is 1. The van der Waals surface area contributed by atoms with Crippen molar-refractivity contribution in [2.24, 2.45) is 5.92 Å². The van der Waals surface area contributed by atoms with Crippen LogP contribution in [0, 0.1) is 17.8 Å². The molecule has 1 aromatic carbocycles. The molecule has 0 aliphatic carbocycles. The minimum absolute atomic E-state index is 0.112. The van der Waals surface area contributed by atoms with Crippen molar-refractivity contribution < 1.29 is 14.6 Å². The van der Waals surface area contributed by atoms with Crippen LogP contribution < -0.4 is 5.32 Å². The van der Waals surface area contributed by atoms with Crippen molar-refractivity contribution in [1.82, 2.24) is 5.32 Å². The van der Waals surface area contributed by atoms with Crippen LogP contribution in [-0.2, 0) is 4.74 Å². The fourth-order valence-electron chi connectivity index (χ4n) is 2.21. The highest BCUT2D eigenvalue weighted by atomic mass is 16.5. The zero-order valence-electron chi connectivity index (χ0n) is 11.4. The van der Waals surface area contributed by atoms with Crippen LogP contribution >= 0.6 is 0 Å². The first-order valence-electron chi connectivity index (χ1n) is 6.86. The van der Waals surface area contributed by atoms with Gasteiger partial charge in [-0.25, -0.2) is 0 Å². The Kier molecular flexibility index (Phi) is 5.60. The zero-order valence-corrected chi connectivity index (χ0v) is 11.4. The lowest BCUT2D eigenvalue weighted by Gasteiger charge is -2.22. The van der Waals surface area contributed by atoms with Gasteiger partial charge in [-0.15, -0.1) is 0 Å². The maximum Gasteiger partial charge on any atom is 0.252 e. The number of carbonyl (C=O) groups is 1. The normalized spacial score (nSPS) is 15.2. The Hall–Kier alpha value is -1.83. The maximum atomic E-state index is 12.2. The number of nitrogens with one attached hydrogen (secondary N) is 1. The average molecular weight is 273 g/mol. The summed E-state index contributed by atoms with van der Waals surface area (Å²) in [6.45, 7) is 2.01. The molecule has 0 aromatic heterocycles. The van der Waals surface area contributed by atoms with E-state index in [9.17, 15) is 4.79 Å². The van der Waals surface area contributed by atoms with Crippen LogP contribution in [0.5, 0.6) is 0 Å². The average Bonchev–Trinajstić information content (AvgIpc) is 2.52. The minimum atomic E-state index is -0.210. The second-order valence-electron chi connectivity index (χ2n) is 4.77. The summed E-state index contributed by atoms with van der Waals surface area (Å²) in [6, 6.07) is 7.18. The molecule has 106 valence electrons. The molecule has 1 heterocycles. The Balaban J connectivity index is 1.97. The topological polar surface area (TPSA) is 58.6 Å². The smallest absolute Gasteiger partial charge is 0.252 e. The predicted octanol–water partition coefficient (Wildman–Crippen LogP) is 1.19. The molecule has 1 saturated heterocycles. The molecule has 0 atom stereocenters. The first-order chi connectivity index (χ1) is 9.81. The van der Waals surface area contributed by atoms with Crippen LogP contribution in [0.3, 0.4) is 0 Å². The molecule has 2 N–H and O–H groups in total. The number of hydrogen-bond acceptors (Lipinski definition) is 3. The van der Waals surface area contributed by atoms with Crippen LogP contribution in [0.25, 0.3) is 0 Å². The summed E-state index contributed by atoms with van der Waals surface area (Å²) >= 11 is 0. The number of ether oxygens (including phenoxy) is 1. The molecule has 0 saturated carbocycles.